The van der Waals surface area contributed by atoms with E-state index < -0.39 is 5.97 Å². The molecule has 17 heavy (non-hydrogen) atoms. The first-order valence-electron chi connectivity index (χ1n) is 5.22. The second-order valence-corrected chi connectivity index (χ2v) is 4.51. The van der Waals surface area contributed by atoms with E-state index >= 15 is 0 Å². The minimum atomic E-state index is -0.469. The van der Waals surface area contributed by atoms with Crippen LogP contribution in [-0.4, -0.2) is 23.8 Å². The highest BCUT2D eigenvalue weighted by molar-refractivity contribution is 9.10. The number of benzene rings is 1. The lowest BCUT2D eigenvalue weighted by molar-refractivity contribution is -0.115. The van der Waals surface area contributed by atoms with Gasteiger partial charge in [0, 0.05) is 0 Å². The Balaban J connectivity index is 2.91. The third-order valence-corrected chi connectivity index (χ3v) is 3.30. The van der Waals surface area contributed by atoms with Crippen LogP contribution in [0.2, 0.25) is 0 Å². The van der Waals surface area contributed by atoms with Crippen molar-refractivity contribution in [1.82, 2.24) is 0 Å². The molecule has 92 valence electrons. The van der Waals surface area contributed by atoms with Gasteiger partial charge in [0.15, 0.2) is 0 Å². The molecule has 0 unspecified atom stereocenters. The second-order valence-electron chi connectivity index (χ2n) is 3.40. The number of ether oxygens (including phenoxy) is 1. The van der Waals surface area contributed by atoms with Gasteiger partial charge in [-0.05, 0) is 18.6 Å². The summed E-state index contributed by atoms with van der Waals surface area (Å²) in [6.45, 7) is 1.89. The zero-order chi connectivity index (χ0) is 12.8. The summed E-state index contributed by atoms with van der Waals surface area (Å²) in [5.41, 5.74) is 0.807. The molecule has 1 aromatic rings. The highest BCUT2D eigenvalue weighted by atomic mass is 79.9. The minimum absolute atomic E-state index is 0.177. The molecular formula is C12H14BrNO3. The molecule has 0 aromatic heterocycles. The van der Waals surface area contributed by atoms with Crippen LogP contribution >= 0.6 is 15.9 Å². The number of esters is 1. The number of rotatable bonds is 4. The molecule has 0 saturated heterocycles. The van der Waals surface area contributed by atoms with Gasteiger partial charge in [0.05, 0.1) is 23.2 Å². The van der Waals surface area contributed by atoms with Crippen LogP contribution < -0.4 is 5.32 Å². The molecule has 0 spiro atoms. The lowest BCUT2D eigenvalue weighted by Crippen LogP contribution is -2.23. The molecule has 0 aliphatic rings. The number of hydrogen-bond donors (Lipinski definition) is 1. The minimum Gasteiger partial charge on any atom is -0.465 e. The molecule has 1 amide bonds. The molecule has 0 radical (unpaired) electrons. The van der Waals surface area contributed by atoms with E-state index in [0.717, 1.165) is 0 Å². The Bertz CT molecular complexity index is 420. The molecule has 0 bridgehead atoms. The first-order chi connectivity index (χ1) is 8.10. The third-order valence-electron chi connectivity index (χ3n) is 2.23. The van der Waals surface area contributed by atoms with E-state index in [1.54, 1.807) is 24.3 Å². The molecule has 0 saturated carbocycles. The SMILES string of the molecule is CC[C@H](Br)C(=O)Nc1ccccc1C(=O)OC. The Morgan fingerprint density at radius 3 is 2.65 bits per heavy atom. The van der Waals surface area contributed by atoms with Crippen molar-refractivity contribution in [3.05, 3.63) is 29.8 Å². The molecule has 1 N–H and O–H groups in total. The third kappa shape index (κ3) is 3.56. The van der Waals surface area contributed by atoms with Gasteiger partial charge in [-0.3, -0.25) is 4.79 Å². The van der Waals surface area contributed by atoms with E-state index in [4.69, 9.17) is 0 Å². The summed E-state index contributed by atoms with van der Waals surface area (Å²) in [4.78, 5) is 22.9. The Morgan fingerprint density at radius 2 is 2.06 bits per heavy atom. The maximum atomic E-state index is 11.7. The van der Waals surface area contributed by atoms with Gasteiger partial charge in [0.2, 0.25) is 5.91 Å². The predicted octanol–water partition coefficient (Wildman–Crippen LogP) is 2.59. The highest BCUT2D eigenvalue weighted by Gasteiger charge is 2.16. The normalized spacial score (nSPS) is 11.7. The molecule has 4 nitrogen and oxygen atoms in total. The van der Waals surface area contributed by atoms with Crippen LogP contribution in [0.5, 0.6) is 0 Å². The molecular weight excluding hydrogens is 286 g/mol. The number of carbonyl (C=O) groups excluding carboxylic acids is 2. The van der Waals surface area contributed by atoms with Gasteiger partial charge in [-0.1, -0.05) is 35.0 Å². The smallest absolute Gasteiger partial charge is 0.339 e. The van der Waals surface area contributed by atoms with E-state index in [9.17, 15) is 9.59 Å². The summed E-state index contributed by atoms with van der Waals surface area (Å²) >= 11 is 3.25. The number of carbonyl (C=O) groups is 2. The van der Waals surface area contributed by atoms with Crippen molar-refractivity contribution in [1.29, 1.82) is 0 Å². The Labute approximate surface area is 108 Å². The Hall–Kier alpha value is -1.36. The average molecular weight is 300 g/mol. The number of nitrogens with one attached hydrogen (secondary N) is 1. The molecule has 0 heterocycles. The van der Waals surface area contributed by atoms with Gasteiger partial charge in [-0.2, -0.15) is 0 Å². The lowest BCUT2D eigenvalue weighted by atomic mass is 10.1. The number of anilines is 1. The molecule has 1 rings (SSSR count). The zero-order valence-electron chi connectivity index (χ0n) is 9.70. The van der Waals surface area contributed by atoms with E-state index in [0.29, 0.717) is 17.7 Å². The summed E-state index contributed by atoms with van der Waals surface area (Å²) < 4.78 is 4.64. The highest BCUT2D eigenvalue weighted by Crippen LogP contribution is 2.17. The maximum Gasteiger partial charge on any atom is 0.339 e. The monoisotopic (exact) mass is 299 g/mol. The first kappa shape index (κ1) is 13.7. The lowest BCUT2D eigenvalue weighted by Gasteiger charge is -2.11. The van der Waals surface area contributed by atoms with E-state index in [-0.39, 0.29) is 10.7 Å². The van der Waals surface area contributed by atoms with Crippen molar-refractivity contribution >= 4 is 33.5 Å². The van der Waals surface area contributed by atoms with Crippen molar-refractivity contribution in [3.8, 4) is 0 Å². The predicted molar refractivity (Wildman–Crippen MR) is 69.4 cm³/mol. The van der Waals surface area contributed by atoms with Crippen molar-refractivity contribution in [3.63, 3.8) is 0 Å². The van der Waals surface area contributed by atoms with E-state index in [2.05, 4.69) is 26.0 Å². The van der Waals surface area contributed by atoms with Gasteiger partial charge in [0.1, 0.15) is 0 Å². The van der Waals surface area contributed by atoms with Crippen LogP contribution in [0.25, 0.3) is 0 Å². The average Bonchev–Trinajstić information content (AvgIpc) is 2.37. The van der Waals surface area contributed by atoms with Crippen molar-refractivity contribution < 1.29 is 14.3 Å². The topological polar surface area (TPSA) is 55.4 Å². The number of alkyl halides is 1. The first-order valence-corrected chi connectivity index (χ1v) is 6.14. The van der Waals surface area contributed by atoms with Crippen molar-refractivity contribution in [2.24, 2.45) is 0 Å². The molecule has 0 aliphatic heterocycles. The number of methoxy groups -OCH3 is 1. The fourth-order valence-corrected chi connectivity index (χ4v) is 1.39. The van der Waals surface area contributed by atoms with Crippen LogP contribution in [0.15, 0.2) is 24.3 Å². The van der Waals surface area contributed by atoms with Crippen LogP contribution in [0.4, 0.5) is 5.69 Å². The molecule has 1 aromatic carbocycles. The van der Waals surface area contributed by atoms with Crippen LogP contribution in [0.1, 0.15) is 23.7 Å². The van der Waals surface area contributed by atoms with Crippen molar-refractivity contribution in [2.75, 3.05) is 12.4 Å². The number of halogens is 1. The van der Waals surface area contributed by atoms with Gasteiger partial charge >= 0.3 is 5.97 Å². The number of amides is 1. The van der Waals surface area contributed by atoms with Crippen LogP contribution in [0.3, 0.4) is 0 Å². The zero-order valence-corrected chi connectivity index (χ0v) is 11.3. The van der Waals surface area contributed by atoms with E-state index in [1.165, 1.54) is 7.11 Å². The fraction of sp³-hybridized carbons (Fsp3) is 0.333. The van der Waals surface area contributed by atoms with Crippen LogP contribution in [0, 0.1) is 0 Å². The second kappa shape index (κ2) is 6.39. The van der Waals surface area contributed by atoms with E-state index in [1.807, 2.05) is 6.92 Å². The van der Waals surface area contributed by atoms with Gasteiger partial charge in [-0.15, -0.1) is 0 Å². The number of para-hydroxylation sites is 1. The summed E-state index contributed by atoms with van der Waals surface area (Å²) in [5, 5.41) is 2.69. The summed E-state index contributed by atoms with van der Waals surface area (Å²) in [6.07, 6.45) is 0.673. The van der Waals surface area contributed by atoms with Gasteiger partial charge in [0.25, 0.3) is 0 Å². The standard InChI is InChI=1S/C12H14BrNO3/c1-3-9(13)11(15)14-10-7-5-4-6-8(10)12(16)17-2/h4-7,9H,3H2,1-2H3,(H,14,15)/t9-/m0/s1. The van der Waals surface area contributed by atoms with Gasteiger partial charge in [-0.25, -0.2) is 4.79 Å². The van der Waals surface area contributed by atoms with Crippen molar-refractivity contribution in [2.45, 2.75) is 18.2 Å². The van der Waals surface area contributed by atoms with Crippen LogP contribution in [-0.2, 0) is 9.53 Å². The number of hydrogen-bond acceptors (Lipinski definition) is 3. The summed E-state index contributed by atoms with van der Waals surface area (Å²) in [6, 6.07) is 6.74. The molecule has 0 fully saturated rings. The molecule has 0 aliphatic carbocycles. The van der Waals surface area contributed by atoms with Gasteiger partial charge < -0.3 is 10.1 Å². The summed E-state index contributed by atoms with van der Waals surface area (Å²) in [7, 11) is 1.31. The maximum absolute atomic E-state index is 11.7. The molecule has 1 atom stereocenters. The fourth-order valence-electron chi connectivity index (χ4n) is 1.28. The molecule has 5 heteroatoms. The quantitative estimate of drug-likeness (QED) is 0.687. The Kier molecular flexibility index (Phi) is 5.15. The largest absolute Gasteiger partial charge is 0.465 e. The Morgan fingerprint density at radius 1 is 1.41 bits per heavy atom. The summed E-state index contributed by atoms with van der Waals surface area (Å²) in [5.74, 6) is -0.646.